The number of nitrogens with zero attached hydrogens (tertiary/aromatic N) is 1. The lowest BCUT2D eigenvalue weighted by Crippen LogP contribution is -2.35. The molecule has 1 aliphatic rings. The Morgan fingerprint density at radius 3 is 2.51 bits per heavy atom. The van der Waals surface area contributed by atoms with Crippen LogP contribution in [0.4, 0.5) is 14.5 Å². The van der Waals surface area contributed by atoms with Crippen molar-refractivity contribution in [3.05, 3.63) is 94.7 Å². The van der Waals surface area contributed by atoms with Gasteiger partial charge in [-0.3, -0.25) is 4.79 Å². The molecule has 4 N–H and O–H groups in total. The number of para-hydroxylation sites is 1. The maximum Gasteiger partial charge on any atom is 0.325 e. The highest BCUT2D eigenvalue weighted by Crippen LogP contribution is 2.35. The van der Waals surface area contributed by atoms with Gasteiger partial charge in [0.1, 0.15) is 23.4 Å². The quantitative estimate of drug-likeness (QED) is 0.295. The average Bonchev–Trinajstić information content (AvgIpc) is 3.07. The van der Waals surface area contributed by atoms with E-state index in [1.54, 1.807) is 18.2 Å². The molecule has 0 unspecified atom stereocenters. The Hall–Kier alpha value is -4.04. The van der Waals surface area contributed by atoms with Crippen molar-refractivity contribution in [2.75, 3.05) is 13.2 Å². The third-order valence-corrected chi connectivity index (χ3v) is 6.17. The number of aliphatic imine (C=N–C) groups is 1. The Kier molecular flexibility index (Phi) is 10.3. The summed E-state index contributed by atoms with van der Waals surface area (Å²) in [5.74, 6) is -1.34. The molecule has 6 nitrogen and oxygen atoms in total. The summed E-state index contributed by atoms with van der Waals surface area (Å²) in [5, 5.41) is 12.5. The lowest BCUT2D eigenvalue weighted by molar-refractivity contribution is -0.138. The lowest BCUT2D eigenvalue weighted by atomic mass is 9.93. The smallest absolute Gasteiger partial charge is 0.325 e. The highest BCUT2D eigenvalue weighted by molar-refractivity contribution is 6.15. The number of carboxylic acid groups (broad SMARTS) is 1. The predicted octanol–water partition coefficient (Wildman–Crippen LogP) is 6.40. The van der Waals surface area contributed by atoms with Crippen LogP contribution in [0.15, 0.2) is 76.9 Å². The molecule has 0 saturated carbocycles. The van der Waals surface area contributed by atoms with Crippen LogP contribution in [0.5, 0.6) is 5.75 Å². The van der Waals surface area contributed by atoms with Crippen LogP contribution in [0.1, 0.15) is 45.2 Å². The second-order valence-electron chi connectivity index (χ2n) is 8.73. The molecule has 1 atom stereocenters. The molecule has 3 aromatic carbocycles. The van der Waals surface area contributed by atoms with Crippen molar-refractivity contribution in [2.24, 2.45) is 10.7 Å². The molecular formula is C31H35F2N3O3. The normalized spacial score (nSPS) is 13.4. The molecule has 1 heterocycles. The zero-order chi connectivity index (χ0) is 28.5. The maximum atomic E-state index is 15.8. The van der Waals surface area contributed by atoms with Crippen molar-refractivity contribution in [3.63, 3.8) is 0 Å². The Balaban J connectivity index is 0.00000205. The highest BCUT2D eigenvalue weighted by atomic mass is 19.1. The molecule has 8 heteroatoms. The summed E-state index contributed by atoms with van der Waals surface area (Å²) in [5.41, 5.74) is 10.0. The summed E-state index contributed by atoms with van der Waals surface area (Å²) in [6, 6.07) is 15.6. The van der Waals surface area contributed by atoms with E-state index in [4.69, 9.17) is 15.5 Å². The number of nitrogens with one attached hydrogen (secondary N) is 1. The summed E-state index contributed by atoms with van der Waals surface area (Å²) in [6.07, 6.45) is 0.521. The minimum atomic E-state index is -1.05. The van der Waals surface area contributed by atoms with Crippen LogP contribution in [-0.2, 0) is 11.2 Å². The number of aliphatic carboxylic acids is 1. The number of fused-ring (bicyclic) bond motifs is 1. The second-order valence-corrected chi connectivity index (χ2v) is 8.73. The highest BCUT2D eigenvalue weighted by Gasteiger charge is 2.25. The number of hydrogen-bond acceptors (Lipinski definition) is 5. The monoisotopic (exact) mass is 535 g/mol. The van der Waals surface area contributed by atoms with Gasteiger partial charge in [-0.2, -0.15) is 0 Å². The van der Waals surface area contributed by atoms with E-state index in [9.17, 15) is 14.3 Å². The molecule has 4 rings (SSSR count). The number of ether oxygens (including phenoxy) is 1. The number of hydrogen-bond donors (Lipinski definition) is 3. The molecule has 0 spiro atoms. The second kappa shape index (κ2) is 13.7. The van der Waals surface area contributed by atoms with Crippen LogP contribution in [0.25, 0.3) is 11.1 Å². The van der Waals surface area contributed by atoms with E-state index in [1.807, 2.05) is 45.0 Å². The molecule has 0 aliphatic carbocycles. The van der Waals surface area contributed by atoms with Crippen LogP contribution in [0, 0.1) is 11.6 Å². The molecule has 0 aromatic heterocycles. The maximum absolute atomic E-state index is 15.8. The summed E-state index contributed by atoms with van der Waals surface area (Å²) in [4.78, 5) is 16.4. The SMILES string of the molecule is CC.CCOc1ccccc1-c1ccc(C2=Nc3ccc(F)cc3CC(N[C@H](C)C(=O)O)=C2CCN)c(F)c1. The van der Waals surface area contributed by atoms with E-state index in [-0.39, 0.29) is 18.5 Å². The van der Waals surface area contributed by atoms with Crippen LogP contribution in [0.2, 0.25) is 0 Å². The Morgan fingerprint density at radius 2 is 1.85 bits per heavy atom. The zero-order valence-electron chi connectivity index (χ0n) is 22.7. The number of nitrogens with two attached hydrogens (primary N) is 1. The van der Waals surface area contributed by atoms with Gasteiger partial charge >= 0.3 is 5.97 Å². The van der Waals surface area contributed by atoms with Gasteiger partial charge in [-0.05, 0) is 79.9 Å². The molecule has 0 fully saturated rings. The zero-order valence-corrected chi connectivity index (χ0v) is 22.7. The largest absolute Gasteiger partial charge is 0.493 e. The van der Waals surface area contributed by atoms with E-state index >= 15 is 4.39 Å². The van der Waals surface area contributed by atoms with E-state index in [0.29, 0.717) is 52.6 Å². The number of benzene rings is 3. The Labute approximate surface area is 228 Å². The summed E-state index contributed by atoms with van der Waals surface area (Å²) in [7, 11) is 0. The van der Waals surface area contributed by atoms with Crippen LogP contribution in [-0.4, -0.2) is 36.0 Å². The minimum Gasteiger partial charge on any atom is -0.493 e. The summed E-state index contributed by atoms with van der Waals surface area (Å²) in [6.45, 7) is 8.10. The number of halogens is 2. The minimum absolute atomic E-state index is 0.203. The fourth-order valence-electron chi connectivity index (χ4n) is 4.39. The first kappa shape index (κ1) is 29.5. The van der Waals surface area contributed by atoms with E-state index < -0.39 is 23.6 Å². The van der Waals surface area contributed by atoms with Gasteiger partial charge in [-0.1, -0.05) is 38.1 Å². The Bertz CT molecular complexity index is 1390. The summed E-state index contributed by atoms with van der Waals surface area (Å²) < 4.78 is 35.6. The van der Waals surface area contributed by atoms with Crippen molar-refractivity contribution in [2.45, 2.75) is 46.6 Å². The van der Waals surface area contributed by atoms with Gasteiger partial charge in [0.25, 0.3) is 0 Å². The molecule has 0 amide bonds. The predicted molar refractivity (Wildman–Crippen MR) is 152 cm³/mol. The first-order valence-electron chi connectivity index (χ1n) is 13.1. The fourth-order valence-corrected chi connectivity index (χ4v) is 4.39. The first-order valence-corrected chi connectivity index (χ1v) is 13.1. The van der Waals surface area contributed by atoms with Gasteiger partial charge in [0.05, 0.1) is 18.0 Å². The van der Waals surface area contributed by atoms with Crippen molar-refractivity contribution in [1.82, 2.24) is 5.32 Å². The topological polar surface area (TPSA) is 96.9 Å². The van der Waals surface area contributed by atoms with Crippen LogP contribution < -0.4 is 15.8 Å². The molecule has 3 aromatic rings. The molecule has 0 radical (unpaired) electrons. The molecule has 0 saturated heterocycles. The fraction of sp³-hybridized carbons (Fsp3) is 0.290. The first-order chi connectivity index (χ1) is 18.8. The third-order valence-electron chi connectivity index (χ3n) is 6.17. The van der Waals surface area contributed by atoms with Gasteiger partial charge in [0, 0.05) is 23.2 Å². The standard InChI is InChI=1S/C29H29F2N3O3.C2H6/c1-3-37-27-7-5-4-6-21(27)18-8-10-22(24(31)15-18)28-23(12-13-32)26(33-17(2)29(35)36)16-19-14-20(30)9-11-25(19)34-28;1-2/h4-11,14-15,17,33H,3,12-13,16,32H2,1-2H3,(H,35,36);1-2H3/t17-;/m1./s1. The lowest BCUT2D eigenvalue weighted by Gasteiger charge is -2.20. The molecule has 39 heavy (non-hydrogen) atoms. The number of allylic oxidation sites excluding steroid dienone is 1. The van der Waals surface area contributed by atoms with Crippen LogP contribution >= 0.6 is 0 Å². The number of carbonyl (C=O) groups is 1. The van der Waals surface area contributed by atoms with Crippen LogP contribution in [0.3, 0.4) is 0 Å². The van der Waals surface area contributed by atoms with Gasteiger partial charge in [0.2, 0.25) is 0 Å². The number of carboxylic acids is 1. The average molecular weight is 536 g/mol. The van der Waals surface area contributed by atoms with Gasteiger partial charge < -0.3 is 20.9 Å². The van der Waals surface area contributed by atoms with Crippen molar-refractivity contribution >= 4 is 17.4 Å². The van der Waals surface area contributed by atoms with Crippen molar-refractivity contribution in [1.29, 1.82) is 0 Å². The van der Waals surface area contributed by atoms with E-state index in [2.05, 4.69) is 5.32 Å². The van der Waals surface area contributed by atoms with E-state index in [1.165, 1.54) is 25.1 Å². The van der Waals surface area contributed by atoms with Crippen molar-refractivity contribution < 1.29 is 23.4 Å². The molecular weight excluding hydrogens is 500 g/mol. The third kappa shape index (κ3) is 6.89. The van der Waals surface area contributed by atoms with E-state index in [0.717, 1.165) is 5.56 Å². The van der Waals surface area contributed by atoms with Gasteiger partial charge in [-0.25, -0.2) is 13.8 Å². The molecule has 1 aliphatic heterocycles. The van der Waals surface area contributed by atoms with Gasteiger partial charge in [0.15, 0.2) is 0 Å². The Morgan fingerprint density at radius 1 is 1.10 bits per heavy atom. The van der Waals surface area contributed by atoms with Crippen molar-refractivity contribution in [3.8, 4) is 16.9 Å². The molecule has 0 bridgehead atoms. The number of rotatable bonds is 9. The summed E-state index contributed by atoms with van der Waals surface area (Å²) >= 11 is 0. The molecule has 206 valence electrons. The van der Waals surface area contributed by atoms with Gasteiger partial charge in [-0.15, -0.1) is 0 Å².